The number of rotatable bonds is 6. The quantitative estimate of drug-likeness (QED) is 0.688. The maximum absolute atomic E-state index is 11.4. The Kier molecular flexibility index (Phi) is 6.03. The fourth-order valence-corrected chi connectivity index (χ4v) is 1.33. The van der Waals surface area contributed by atoms with Crippen molar-refractivity contribution in [3.8, 4) is 0 Å². The zero-order valence-corrected chi connectivity index (χ0v) is 10.3. The lowest BCUT2D eigenvalue weighted by Gasteiger charge is -2.23. The molecule has 0 amide bonds. The predicted octanol–water partition coefficient (Wildman–Crippen LogP) is 0.890. The van der Waals surface area contributed by atoms with E-state index in [2.05, 4.69) is 0 Å². The summed E-state index contributed by atoms with van der Waals surface area (Å²) in [6.45, 7) is 6.77. The molecule has 0 saturated carbocycles. The van der Waals surface area contributed by atoms with E-state index >= 15 is 0 Å². The molecule has 0 fully saturated rings. The van der Waals surface area contributed by atoms with Crippen molar-refractivity contribution < 1.29 is 24.2 Å². The van der Waals surface area contributed by atoms with E-state index in [0.29, 0.717) is 0 Å². The Labute approximate surface area is 95.7 Å². The standard InChI is InChI=1S/C11H20O5/c1-5-15-9(12)8(3)7-11(4,14)10(13)16-6-2/h8,14H,5-7H2,1-4H3. The van der Waals surface area contributed by atoms with Crippen LogP contribution in [0.4, 0.5) is 0 Å². The van der Waals surface area contributed by atoms with E-state index in [1.807, 2.05) is 0 Å². The Balaban J connectivity index is 4.34. The summed E-state index contributed by atoms with van der Waals surface area (Å²) in [5.74, 6) is -1.68. The summed E-state index contributed by atoms with van der Waals surface area (Å²) in [5, 5.41) is 9.82. The smallest absolute Gasteiger partial charge is 0.337 e. The highest BCUT2D eigenvalue weighted by molar-refractivity contribution is 5.80. The number of hydrogen-bond donors (Lipinski definition) is 1. The number of esters is 2. The molecule has 0 aromatic carbocycles. The van der Waals surface area contributed by atoms with Crippen LogP contribution in [0.1, 0.15) is 34.1 Å². The summed E-state index contributed by atoms with van der Waals surface area (Å²) in [7, 11) is 0. The summed E-state index contributed by atoms with van der Waals surface area (Å²) in [5.41, 5.74) is -1.65. The molecule has 0 spiro atoms. The Morgan fingerprint density at radius 1 is 1.25 bits per heavy atom. The molecule has 5 heteroatoms. The third kappa shape index (κ3) is 4.61. The third-order valence-electron chi connectivity index (χ3n) is 2.11. The lowest BCUT2D eigenvalue weighted by Crippen LogP contribution is -2.40. The molecular formula is C11H20O5. The average Bonchev–Trinajstić information content (AvgIpc) is 2.17. The first-order chi connectivity index (χ1) is 7.35. The number of hydrogen-bond acceptors (Lipinski definition) is 5. The molecule has 2 atom stereocenters. The summed E-state index contributed by atoms with van der Waals surface area (Å²) in [6.07, 6.45) is -0.00926. The Hall–Kier alpha value is -1.10. The molecule has 0 saturated heterocycles. The van der Waals surface area contributed by atoms with E-state index in [-0.39, 0.29) is 19.6 Å². The van der Waals surface area contributed by atoms with E-state index in [4.69, 9.17) is 9.47 Å². The van der Waals surface area contributed by atoms with Gasteiger partial charge >= 0.3 is 11.9 Å². The molecule has 0 rings (SSSR count). The second-order valence-corrected chi connectivity index (χ2v) is 3.85. The summed E-state index contributed by atoms with van der Waals surface area (Å²) >= 11 is 0. The molecule has 0 aliphatic heterocycles. The molecule has 5 nitrogen and oxygen atoms in total. The van der Waals surface area contributed by atoms with E-state index in [0.717, 1.165) is 0 Å². The number of carbonyl (C=O) groups is 2. The molecular weight excluding hydrogens is 212 g/mol. The van der Waals surface area contributed by atoms with Crippen molar-refractivity contribution in [2.24, 2.45) is 5.92 Å². The topological polar surface area (TPSA) is 72.8 Å². The van der Waals surface area contributed by atoms with Crippen molar-refractivity contribution in [2.75, 3.05) is 13.2 Å². The van der Waals surface area contributed by atoms with Gasteiger partial charge < -0.3 is 14.6 Å². The van der Waals surface area contributed by atoms with Gasteiger partial charge in [-0.25, -0.2) is 4.79 Å². The van der Waals surface area contributed by atoms with Gasteiger partial charge in [-0.15, -0.1) is 0 Å². The molecule has 94 valence electrons. The van der Waals surface area contributed by atoms with Crippen LogP contribution in [0.3, 0.4) is 0 Å². The van der Waals surface area contributed by atoms with Gasteiger partial charge in [-0.05, 0) is 27.2 Å². The molecule has 0 aliphatic rings. The first-order valence-corrected chi connectivity index (χ1v) is 5.41. The van der Waals surface area contributed by atoms with Gasteiger partial charge in [-0.3, -0.25) is 4.79 Å². The highest BCUT2D eigenvalue weighted by atomic mass is 16.5. The second-order valence-electron chi connectivity index (χ2n) is 3.85. The Morgan fingerprint density at radius 2 is 1.75 bits per heavy atom. The van der Waals surface area contributed by atoms with Crippen molar-refractivity contribution in [3.05, 3.63) is 0 Å². The summed E-state index contributed by atoms with van der Waals surface area (Å²) in [4.78, 5) is 22.7. The fourth-order valence-electron chi connectivity index (χ4n) is 1.33. The van der Waals surface area contributed by atoms with Gasteiger partial charge in [0.05, 0.1) is 19.1 Å². The summed E-state index contributed by atoms with van der Waals surface area (Å²) in [6, 6.07) is 0. The van der Waals surface area contributed by atoms with Crippen LogP contribution in [0, 0.1) is 5.92 Å². The van der Waals surface area contributed by atoms with Crippen molar-refractivity contribution in [1.82, 2.24) is 0 Å². The molecule has 0 aromatic heterocycles. The monoisotopic (exact) mass is 232 g/mol. The van der Waals surface area contributed by atoms with Crippen LogP contribution >= 0.6 is 0 Å². The Morgan fingerprint density at radius 3 is 2.19 bits per heavy atom. The van der Waals surface area contributed by atoms with Gasteiger partial charge in [0.2, 0.25) is 0 Å². The maximum Gasteiger partial charge on any atom is 0.337 e. The van der Waals surface area contributed by atoms with Gasteiger partial charge in [0.25, 0.3) is 0 Å². The first-order valence-electron chi connectivity index (χ1n) is 5.41. The van der Waals surface area contributed by atoms with Gasteiger partial charge in [0.1, 0.15) is 0 Å². The van der Waals surface area contributed by atoms with Crippen LogP contribution in [0.25, 0.3) is 0 Å². The maximum atomic E-state index is 11.4. The van der Waals surface area contributed by atoms with E-state index in [1.165, 1.54) is 6.92 Å². The molecule has 0 aliphatic carbocycles. The van der Waals surface area contributed by atoms with E-state index in [1.54, 1.807) is 20.8 Å². The normalized spacial score (nSPS) is 16.1. The van der Waals surface area contributed by atoms with Gasteiger partial charge in [0, 0.05) is 0 Å². The highest BCUT2D eigenvalue weighted by Crippen LogP contribution is 2.19. The van der Waals surface area contributed by atoms with Crippen LogP contribution < -0.4 is 0 Å². The van der Waals surface area contributed by atoms with Crippen molar-refractivity contribution >= 4 is 11.9 Å². The average molecular weight is 232 g/mol. The number of ether oxygens (including phenoxy) is 2. The largest absolute Gasteiger partial charge is 0.466 e. The molecule has 0 heterocycles. The predicted molar refractivity (Wildman–Crippen MR) is 57.7 cm³/mol. The fraction of sp³-hybridized carbons (Fsp3) is 0.818. The minimum atomic E-state index is -1.65. The van der Waals surface area contributed by atoms with Crippen LogP contribution in [0.5, 0.6) is 0 Å². The lowest BCUT2D eigenvalue weighted by atomic mass is 9.93. The van der Waals surface area contributed by atoms with Crippen LogP contribution in [0.15, 0.2) is 0 Å². The van der Waals surface area contributed by atoms with Gasteiger partial charge in [0.15, 0.2) is 5.60 Å². The van der Waals surface area contributed by atoms with Crippen LogP contribution in [-0.2, 0) is 19.1 Å². The highest BCUT2D eigenvalue weighted by Gasteiger charge is 2.35. The Bertz CT molecular complexity index is 247. The SMILES string of the molecule is CCOC(=O)C(C)CC(C)(O)C(=O)OCC. The van der Waals surface area contributed by atoms with Gasteiger partial charge in [-0.1, -0.05) is 6.92 Å². The zero-order valence-electron chi connectivity index (χ0n) is 10.3. The number of aliphatic hydroxyl groups is 1. The van der Waals surface area contributed by atoms with Crippen LogP contribution in [-0.4, -0.2) is 35.9 Å². The molecule has 16 heavy (non-hydrogen) atoms. The molecule has 0 radical (unpaired) electrons. The van der Waals surface area contributed by atoms with Crippen molar-refractivity contribution in [2.45, 2.75) is 39.7 Å². The lowest BCUT2D eigenvalue weighted by molar-refractivity contribution is -0.166. The molecule has 1 N–H and O–H groups in total. The van der Waals surface area contributed by atoms with E-state index < -0.39 is 23.5 Å². The molecule has 2 unspecified atom stereocenters. The van der Waals surface area contributed by atoms with Crippen molar-refractivity contribution in [1.29, 1.82) is 0 Å². The minimum absolute atomic E-state index is 0.00926. The summed E-state index contributed by atoms with van der Waals surface area (Å²) < 4.78 is 9.49. The van der Waals surface area contributed by atoms with Crippen LogP contribution in [0.2, 0.25) is 0 Å². The van der Waals surface area contributed by atoms with Gasteiger partial charge in [-0.2, -0.15) is 0 Å². The first kappa shape index (κ1) is 14.9. The van der Waals surface area contributed by atoms with Crippen molar-refractivity contribution in [3.63, 3.8) is 0 Å². The second kappa shape index (κ2) is 6.48. The van der Waals surface area contributed by atoms with E-state index in [9.17, 15) is 14.7 Å². The third-order valence-corrected chi connectivity index (χ3v) is 2.11. The molecule has 0 bridgehead atoms. The molecule has 0 aromatic rings. The minimum Gasteiger partial charge on any atom is -0.466 e. The number of carbonyl (C=O) groups excluding carboxylic acids is 2. The zero-order chi connectivity index (χ0) is 12.8.